The lowest BCUT2D eigenvalue weighted by molar-refractivity contribution is 0.201. The summed E-state index contributed by atoms with van der Waals surface area (Å²) in [5.74, 6) is 0.0399. The van der Waals surface area contributed by atoms with E-state index in [0.29, 0.717) is 18.7 Å². The molecule has 114 valence electrons. The molecule has 1 aromatic rings. The first kappa shape index (κ1) is 16.6. The van der Waals surface area contributed by atoms with E-state index in [0.717, 1.165) is 24.2 Å². The standard InChI is InChI=1S/C13H18N4O4/c1-10-8-11(19)16-12(15-10)17(13(20)21)7-5-3-2-4-6-14-9-18/h8H,2-7H2,1H3,(H,20,21)(H,15,16,19). The number of carboxylic acid groups (broad SMARTS) is 1. The quantitative estimate of drug-likeness (QED) is 0.428. The van der Waals surface area contributed by atoms with Crippen molar-refractivity contribution in [1.82, 2.24) is 9.97 Å². The Balaban J connectivity index is 2.53. The summed E-state index contributed by atoms with van der Waals surface area (Å²) in [6.45, 7) is 2.36. The lowest BCUT2D eigenvalue weighted by atomic mass is 10.2. The summed E-state index contributed by atoms with van der Waals surface area (Å²) in [6.07, 6.45) is 3.36. The van der Waals surface area contributed by atoms with Crippen LogP contribution in [0.25, 0.3) is 0 Å². The molecule has 21 heavy (non-hydrogen) atoms. The van der Waals surface area contributed by atoms with Crippen molar-refractivity contribution in [3.05, 3.63) is 22.1 Å². The third-order valence-electron chi connectivity index (χ3n) is 2.82. The van der Waals surface area contributed by atoms with Crippen molar-refractivity contribution >= 4 is 18.1 Å². The number of carbonyl (C=O) groups is 1. The fourth-order valence-electron chi connectivity index (χ4n) is 1.84. The molecule has 0 aliphatic heterocycles. The van der Waals surface area contributed by atoms with Crippen molar-refractivity contribution in [1.29, 1.82) is 0 Å². The molecule has 0 aliphatic rings. The van der Waals surface area contributed by atoms with Crippen LogP contribution in [0.2, 0.25) is 0 Å². The van der Waals surface area contributed by atoms with Crippen LogP contribution in [-0.2, 0) is 4.79 Å². The molecule has 8 nitrogen and oxygen atoms in total. The van der Waals surface area contributed by atoms with Gasteiger partial charge in [-0.3, -0.25) is 4.79 Å². The SMILES string of the molecule is Cc1cc(=O)nc(N(CCCCCCN=C=O)C(=O)O)[nH]1. The molecule has 0 bridgehead atoms. The van der Waals surface area contributed by atoms with Gasteiger partial charge in [0.25, 0.3) is 5.56 Å². The van der Waals surface area contributed by atoms with Gasteiger partial charge in [-0.25, -0.2) is 19.5 Å². The van der Waals surface area contributed by atoms with Gasteiger partial charge in [-0.05, 0) is 19.8 Å². The maximum atomic E-state index is 11.3. The van der Waals surface area contributed by atoms with Gasteiger partial charge in [-0.1, -0.05) is 12.8 Å². The van der Waals surface area contributed by atoms with E-state index in [9.17, 15) is 19.5 Å². The predicted octanol–water partition coefficient (Wildman–Crippen LogP) is 1.46. The average Bonchev–Trinajstić information content (AvgIpc) is 2.40. The topological polar surface area (TPSA) is 116 Å². The molecule has 0 radical (unpaired) electrons. The number of hydrogen-bond donors (Lipinski definition) is 2. The Morgan fingerprint density at radius 2 is 2.14 bits per heavy atom. The summed E-state index contributed by atoms with van der Waals surface area (Å²) in [7, 11) is 0. The molecule has 1 heterocycles. The molecule has 1 aromatic heterocycles. The number of anilines is 1. The molecule has 8 heteroatoms. The Labute approximate surface area is 121 Å². The van der Waals surface area contributed by atoms with E-state index in [2.05, 4.69) is 15.0 Å². The number of carbonyl (C=O) groups excluding carboxylic acids is 1. The summed E-state index contributed by atoms with van der Waals surface area (Å²) < 4.78 is 0. The van der Waals surface area contributed by atoms with Crippen LogP contribution >= 0.6 is 0 Å². The Kier molecular flexibility index (Phi) is 6.83. The van der Waals surface area contributed by atoms with Crippen LogP contribution in [0.4, 0.5) is 10.7 Å². The maximum Gasteiger partial charge on any atom is 0.414 e. The normalized spacial score (nSPS) is 9.95. The second-order valence-corrected chi connectivity index (χ2v) is 4.55. The molecule has 0 saturated carbocycles. The van der Waals surface area contributed by atoms with Crippen molar-refractivity contribution in [3.63, 3.8) is 0 Å². The van der Waals surface area contributed by atoms with Crippen molar-refractivity contribution < 1.29 is 14.7 Å². The number of hydrogen-bond acceptors (Lipinski definition) is 5. The number of unbranched alkanes of at least 4 members (excludes halogenated alkanes) is 3. The van der Waals surface area contributed by atoms with Crippen molar-refractivity contribution in [2.24, 2.45) is 4.99 Å². The molecule has 0 saturated heterocycles. The maximum absolute atomic E-state index is 11.3. The number of aromatic amines is 1. The van der Waals surface area contributed by atoms with Gasteiger partial charge in [0, 0.05) is 18.3 Å². The Morgan fingerprint density at radius 1 is 1.43 bits per heavy atom. The van der Waals surface area contributed by atoms with Crippen LogP contribution in [0.15, 0.2) is 15.9 Å². The number of rotatable bonds is 8. The lowest BCUT2D eigenvalue weighted by Crippen LogP contribution is -2.33. The van der Waals surface area contributed by atoms with Gasteiger partial charge in [0.2, 0.25) is 12.0 Å². The minimum Gasteiger partial charge on any atom is -0.465 e. The van der Waals surface area contributed by atoms with E-state index in [-0.39, 0.29) is 12.5 Å². The van der Waals surface area contributed by atoms with E-state index in [1.165, 1.54) is 12.1 Å². The number of H-pyrrole nitrogens is 1. The molecule has 0 aromatic carbocycles. The molecule has 0 fully saturated rings. The molecular formula is C13H18N4O4. The lowest BCUT2D eigenvalue weighted by Gasteiger charge is -2.17. The van der Waals surface area contributed by atoms with Gasteiger partial charge in [0.05, 0.1) is 6.54 Å². The highest BCUT2D eigenvalue weighted by Crippen LogP contribution is 2.09. The van der Waals surface area contributed by atoms with Crippen LogP contribution in [-0.4, -0.2) is 40.3 Å². The highest BCUT2D eigenvalue weighted by Gasteiger charge is 2.16. The van der Waals surface area contributed by atoms with Crippen molar-refractivity contribution in [2.75, 3.05) is 18.0 Å². The third kappa shape index (κ3) is 6.01. The van der Waals surface area contributed by atoms with Gasteiger partial charge in [0.1, 0.15) is 0 Å². The first-order valence-electron chi connectivity index (χ1n) is 6.66. The number of nitrogens with zero attached hydrogens (tertiary/aromatic N) is 3. The van der Waals surface area contributed by atoms with Crippen molar-refractivity contribution in [2.45, 2.75) is 32.6 Å². The zero-order valence-corrected chi connectivity index (χ0v) is 11.8. The second kappa shape index (κ2) is 8.65. The van der Waals surface area contributed by atoms with Crippen LogP contribution in [0, 0.1) is 6.92 Å². The van der Waals surface area contributed by atoms with Crippen LogP contribution < -0.4 is 10.5 Å². The highest BCUT2D eigenvalue weighted by atomic mass is 16.4. The molecule has 2 N–H and O–H groups in total. The third-order valence-corrected chi connectivity index (χ3v) is 2.82. The molecule has 0 aliphatic carbocycles. The minimum absolute atomic E-state index is 0.0399. The molecule has 1 rings (SSSR count). The largest absolute Gasteiger partial charge is 0.465 e. The zero-order chi connectivity index (χ0) is 15.7. The van der Waals surface area contributed by atoms with E-state index in [4.69, 9.17) is 0 Å². The van der Waals surface area contributed by atoms with Gasteiger partial charge in [-0.2, -0.15) is 4.98 Å². The average molecular weight is 294 g/mol. The molecule has 0 unspecified atom stereocenters. The summed E-state index contributed by atoms with van der Waals surface area (Å²) in [5.41, 5.74) is 0.0854. The van der Waals surface area contributed by atoms with E-state index in [1.54, 1.807) is 6.92 Å². The Morgan fingerprint density at radius 3 is 2.76 bits per heavy atom. The minimum atomic E-state index is -1.16. The summed E-state index contributed by atoms with van der Waals surface area (Å²) >= 11 is 0. The number of amides is 1. The first-order valence-corrected chi connectivity index (χ1v) is 6.66. The molecular weight excluding hydrogens is 276 g/mol. The summed E-state index contributed by atoms with van der Waals surface area (Å²) in [4.78, 5) is 43.3. The molecule has 1 amide bonds. The van der Waals surface area contributed by atoms with E-state index in [1.807, 2.05) is 0 Å². The predicted molar refractivity (Wildman–Crippen MR) is 76.4 cm³/mol. The fourth-order valence-corrected chi connectivity index (χ4v) is 1.84. The molecule has 0 spiro atoms. The monoisotopic (exact) mass is 294 g/mol. The fraction of sp³-hybridized carbons (Fsp3) is 0.538. The first-order chi connectivity index (χ1) is 10.0. The van der Waals surface area contributed by atoms with Gasteiger partial charge in [0.15, 0.2) is 0 Å². The molecule has 0 atom stereocenters. The number of isocyanates is 1. The number of aryl methyl sites for hydroxylation is 1. The Bertz CT molecular complexity index is 578. The summed E-state index contributed by atoms with van der Waals surface area (Å²) in [5, 5.41) is 9.19. The van der Waals surface area contributed by atoms with Crippen LogP contribution in [0.1, 0.15) is 31.4 Å². The van der Waals surface area contributed by atoms with Crippen LogP contribution in [0.5, 0.6) is 0 Å². The number of aromatic nitrogens is 2. The van der Waals surface area contributed by atoms with Gasteiger partial charge >= 0.3 is 6.09 Å². The number of aliphatic imine (C=N–C) groups is 1. The number of nitrogens with one attached hydrogen (secondary N) is 1. The zero-order valence-electron chi connectivity index (χ0n) is 11.8. The Hall–Kier alpha value is -2.47. The van der Waals surface area contributed by atoms with E-state index >= 15 is 0 Å². The van der Waals surface area contributed by atoms with Gasteiger partial charge < -0.3 is 10.1 Å². The van der Waals surface area contributed by atoms with Crippen LogP contribution in [0.3, 0.4) is 0 Å². The van der Waals surface area contributed by atoms with Gasteiger partial charge in [-0.15, -0.1) is 0 Å². The van der Waals surface area contributed by atoms with E-state index < -0.39 is 11.7 Å². The summed E-state index contributed by atoms with van der Waals surface area (Å²) in [6, 6.07) is 1.30. The second-order valence-electron chi connectivity index (χ2n) is 4.55. The smallest absolute Gasteiger partial charge is 0.414 e. The highest BCUT2D eigenvalue weighted by molar-refractivity contribution is 5.83. The van der Waals surface area contributed by atoms with Crippen molar-refractivity contribution in [3.8, 4) is 0 Å².